The summed E-state index contributed by atoms with van der Waals surface area (Å²) in [5, 5.41) is 0. The second kappa shape index (κ2) is 2.34. The molecule has 0 aliphatic carbocycles. The minimum atomic E-state index is -0.231. The lowest BCUT2D eigenvalue weighted by Gasteiger charge is -2.06. The van der Waals surface area contributed by atoms with Crippen LogP contribution < -0.4 is 5.43 Å². The highest BCUT2D eigenvalue weighted by Crippen LogP contribution is 2.12. The van der Waals surface area contributed by atoms with E-state index in [1.165, 1.54) is 0 Å². The van der Waals surface area contributed by atoms with Crippen molar-refractivity contribution in [2.75, 3.05) is 0 Å². The quantitative estimate of drug-likeness (QED) is 0.510. The van der Waals surface area contributed by atoms with Gasteiger partial charge in [0.05, 0.1) is 0 Å². The predicted octanol–water partition coefficient (Wildman–Crippen LogP) is 0.508. The number of hydrogen-bond donors (Lipinski definition) is 2. The van der Waals surface area contributed by atoms with E-state index in [-0.39, 0.29) is 9.64 Å². The van der Waals surface area contributed by atoms with Crippen molar-refractivity contribution in [3.8, 4) is 0 Å². The predicted molar refractivity (Wildman–Crippen MR) is 42.4 cm³/mol. The number of allylic oxidation sites excluding steroid dienone is 1. The average Bonchev–Trinajstić information content (AvgIpc) is 1.98. The van der Waals surface area contributed by atoms with Gasteiger partial charge < -0.3 is 5.43 Å². The lowest BCUT2D eigenvalue weighted by atomic mass is 10.7. The molecule has 0 aromatic carbocycles. The van der Waals surface area contributed by atoms with Crippen LogP contribution in [0, 0.1) is 0 Å². The van der Waals surface area contributed by atoms with E-state index in [1.54, 1.807) is 3.82 Å². The van der Waals surface area contributed by atoms with E-state index in [2.05, 4.69) is 18.2 Å². The third kappa shape index (κ3) is 1.05. The van der Waals surface area contributed by atoms with Gasteiger partial charge >= 0.3 is 0 Å². The fourth-order valence-corrected chi connectivity index (χ4v) is 1.67. The third-order valence-corrected chi connectivity index (χ3v) is 4.07. The first-order valence-electron chi connectivity index (χ1n) is 2.05. The lowest BCUT2D eigenvalue weighted by Crippen LogP contribution is -2.18. The molecular weight excluding hydrogens is 160 g/mol. The SMILES string of the molecule is CC1=CNN(S)S1=S. The number of thiol groups is 1. The van der Waals surface area contributed by atoms with Crippen molar-refractivity contribution >= 4 is 33.6 Å². The molecule has 0 spiro atoms. The summed E-state index contributed by atoms with van der Waals surface area (Å²) in [6.45, 7) is 1.99. The minimum absolute atomic E-state index is 0.231. The van der Waals surface area contributed by atoms with Crippen LogP contribution in [0.4, 0.5) is 0 Å². The highest BCUT2D eigenvalue weighted by atomic mass is 32.8. The highest BCUT2D eigenvalue weighted by molar-refractivity contribution is 8.32. The first-order chi connectivity index (χ1) is 3.72. The second-order valence-electron chi connectivity index (χ2n) is 1.41. The smallest absolute Gasteiger partial charge is 0.0255 e. The van der Waals surface area contributed by atoms with Crippen LogP contribution in [0.1, 0.15) is 6.92 Å². The summed E-state index contributed by atoms with van der Waals surface area (Å²) in [5.74, 6) is 0. The molecule has 2 nitrogen and oxygen atoms in total. The van der Waals surface area contributed by atoms with Crippen LogP contribution in [0.25, 0.3) is 0 Å². The Kier molecular flexibility index (Phi) is 1.92. The van der Waals surface area contributed by atoms with Crippen molar-refractivity contribution in [3.05, 3.63) is 11.1 Å². The Morgan fingerprint density at radius 1 is 2.00 bits per heavy atom. The molecule has 0 aromatic rings. The topological polar surface area (TPSA) is 15.3 Å². The largest absolute Gasteiger partial charge is 0.306 e. The molecule has 1 unspecified atom stereocenters. The van der Waals surface area contributed by atoms with Crippen molar-refractivity contribution < 1.29 is 0 Å². The second-order valence-corrected chi connectivity index (χ2v) is 4.53. The van der Waals surface area contributed by atoms with Gasteiger partial charge in [0.1, 0.15) is 0 Å². The normalized spacial score (nSPS) is 29.8. The number of hydrazine groups is 1. The van der Waals surface area contributed by atoms with Crippen LogP contribution in [0.5, 0.6) is 0 Å². The van der Waals surface area contributed by atoms with Gasteiger partial charge in [0, 0.05) is 20.7 Å². The molecule has 46 valence electrons. The fourth-order valence-electron chi connectivity index (χ4n) is 0.381. The van der Waals surface area contributed by atoms with E-state index in [0.717, 1.165) is 4.91 Å². The van der Waals surface area contributed by atoms with Crippen molar-refractivity contribution in [1.29, 1.82) is 0 Å². The lowest BCUT2D eigenvalue weighted by molar-refractivity contribution is 0.672. The molecule has 0 aromatic heterocycles. The Bertz CT molecular complexity index is 153. The standard InChI is InChI=1S/C3H6N2S3/c1-3-2-4-5(6)8(3)7/h2,4,6H,1H3. The van der Waals surface area contributed by atoms with Gasteiger partial charge in [0.25, 0.3) is 0 Å². The van der Waals surface area contributed by atoms with E-state index >= 15 is 0 Å². The summed E-state index contributed by atoms with van der Waals surface area (Å²) in [7, 11) is -0.231. The molecule has 1 heterocycles. The number of nitrogens with zero attached hydrogens (tertiary/aromatic N) is 1. The summed E-state index contributed by atoms with van der Waals surface area (Å²) in [5.41, 5.74) is 2.86. The Morgan fingerprint density at radius 3 is 2.75 bits per heavy atom. The van der Waals surface area contributed by atoms with Crippen LogP contribution in [-0.4, -0.2) is 3.82 Å². The average molecular weight is 166 g/mol. The Balaban J connectivity index is 2.73. The zero-order valence-electron chi connectivity index (χ0n) is 4.29. The van der Waals surface area contributed by atoms with Crippen molar-refractivity contribution in [2.24, 2.45) is 0 Å². The molecule has 1 aliphatic heterocycles. The summed E-state index contributed by atoms with van der Waals surface area (Å²) >= 11 is 9.02. The molecule has 0 saturated carbocycles. The first-order valence-corrected chi connectivity index (χ1v) is 4.56. The zero-order valence-corrected chi connectivity index (χ0v) is 6.82. The number of hydrogen-bond acceptors (Lipinski definition) is 3. The molecule has 0 radical (unpaired) electrons. The van der Waals surface area contributed by atoms with Gasteiger partial charge in [-0.05, 0) is 18.1 Å². The summed E-state index contributed by atoms with van der Waals surface area (Å²) in [4.78, 5) is 1.16. The summed E-state index contributed by atoms with van der Waals surface area (Å²) in [6.07, 6.45) is 1.86. The van der Waals surface area contributed by atoms with Gasteiger partial charge in [-0.1, -0.05) is 12.8 Å². The number of rotatable bonds is 0. The first kappa shape index (κ1) is 6.54. The minimum Gasteiger partial charge on any atom is -0.306 e. The molecule has 1 rings (SSSR count). The molecule has 1 atom stereocenters. The maximum atomic E-state index is 4.99. The molecule has 1 N–H and O–H groups in total. The van der Waals surface area contributed by atoms with Gasteiger partial charge in [0.15, 0.2) is 0 Å². The molecule has 5 heteroatoms. The molecule has 1 aliphatic rings. The van der Waals surface area contributed by atoms with Crippen molar-refractivity contribution in [1.82, 2.24) is 9.25 Å². The Morgan fingerprint density at radius 2 is 2.62 bits per heavy atom. The van der Waals surface area contributed by atoms with E-state index in [9.17, 15) is 0 Å². The van der Waals surface area contributed by atoms with E-state index in [4.69, 9.17) is 11.2 Å². The Hall–Kier alpha value is 0.420. The van der Waals surface area contributed by atoms with Crippen molar-refractivity contribution in [2.45, 2.75) is 6.92 Å². The Labute approximate surface area is 61.2 Å². The maximum absolute atomic E-state index is 4.99. The van der Waals surface area contributed by atoms with Gasteiger partial charge in [-0.2, -0.15) is 0 Å². The van der Waals surface area contributed by atoms with Crippen LogP contribution >= 0.6 is 12.8 Å². The van der Waals surface area contributed by atoms with E-state index < -0.39 is 0 Å². The van der Waals surface area contributed by atoms with Crippen LogP contribution in [0.15, 0.2) is 11.1 Å². The van der Waals surface area contributed by atoms with Gasteiger partial charge in [-0.25, -0.2) is 0 Å². The summed E-state index contributed by atoms with van der Waals surface area (Å²) in [6, 6.07) is 0. The van der Waals surface area contributed by atoms with Gasteiger partial charge in [0.2, 0.25) is 0 Å². The molecule has 0 bridgehead atoms. The highest BCUT2D eigenvalue weighted by Gasteiger charge is 2.10. The van der Waals surface area contributed by atoms with E-state index in [0.29, 0.717) is 0 Å². The molecule has 0 amide bonds. The van der Waals surface area contributed by atoms with Crippen LogP contribution in [-0.2, 0) is 20.8 Å². The van der Waals surface area contributed by atoms with Crippen LogP contribution in [0.2, 0.25) is 0 Å². The molecule has 0 fully saturated rings. The zero-order chi connectivity index (χ0) is 6.15. The van der Waals surface area contributed by atoms with Gasteiger partial charge in [-0.15, -0.1) is 3.82 Å². The van der Waals surface area contributed by atoms with Crippen LogP contribution in [0.3, 0.4) is 0 Å². The van der Waals surface area contributed by atoms with E-state index in [1.807, 2.05) is 13.1 Å². The maximum Gasteiger partial charge on any atom is 0.0255 e. The number of nitrogens with one attached hydrogen (secondary N) is 1. The summed E-state index contributed by atoms with van der Waals surface area (Å²) < 4.78 is 1.62. The monoisotopic (exact) mass is 166 g/mol. The van der Waals surface area contributed by atoms with Gasteiger partial charge in [-0.3, -0.25) is 0 Å². The fraction of sp³-hybridized carbons (Fsp3) is 0.333. The molecule has 8 heavy (non-hydrogen) atoms. The van der Waals surface area contributed by atoms with Crippen molar-refractivity contribution in [3.63, 3.8) is 0 Å². The molecule has 0 saturated heterocycles. The third-order valence-electron chi connectivity index (χ3n) is 0.811. The molecular formula is C3H6N2S3.